The van der Waals surface area contributed by atoms with E-state index in [4.69, 9.17) is 14.2 Å². The first kappa shape index (κ1) is 51.1. The molecule has 0 saturated carbocycles. The second-order valence-electron chi connectivity index (χ2n) is 12.5. The van der Waals surface area contributed by atoms with Gasteiger partial charge in [-0.2, -0.15) is 0 Å². The third kappa shape index (κ3) is 12.9. The van der Waals surface area contributed by atoms with E-state index in [-0.39, 0.29) is 34.0 Å². The zero-order valence-corrected chi connectivity index (χ0v) is 36.8. The van der Waals surface area contributed by atoms with Crippen LogP contribution < -0.4 is 14.2 Å². The van der Waals surface area contributed by atoms with E-state index in [1.54, 1.807) is 68.8 Å². The van der Waals surface area contributed by atoms with Crippen molar-refractivity contribution in [3.05, 3.63) is 154 Å². The lowest BCUT2D eigenvalue weighted by molar-refractivity contribution is -0.145. The molecule has 0 radical (unpaired) electrons. The van der Waals surface area contributed by atoms with Gasteiger partial charge in [-0.1, -0.05) is 119 Å². The number of alkyl halides is 1. The van der Waals surface area contributed by atoms with E-state index in [0.29, 0.717) is 45.2 Å². The summed E-state index contributed by atoms with van der Waals surface area (Å²) in [5.74, 6) is 0.239. The number of esters is 1. The molecule has 8 aromatic rings. The third-order valence-electron chi connectivity index (χ3n) is 8.52. The van der Waals surface area contributed by atoms with Crippen LogP contribution in [0.15, 0.2) is 142 Å². The third-order valence-corrected chi connectivity index (χ3v) is 10.4. The van der Waals surface area contributed by atoms with Crippen molar-refractivity contribution in [1.29, 1.82) is 0 Å². The Hall–Kier alpha value is -6.30. The van der Waals surface area contributed by atoms with E-state index in [9.17, 15) is 19.8 Å². The number of carbonyl (C=O) groups is 2. The number of carboxylic acids is 1. The number of hydrogen-bond donors (Lipinski definition) is 2. The van der Waals surface area contributed by atoms with Crippen LogP contribution in [0, 0.1) is 0 Å². The van der Waals surface area contributed by atoms with E-state index in [1.807, 2.05) is 78.9 Å². The number of phenols is 1. The molecule has 0 aliphatic heterocycles. The first-order valence-electron chi connectivity index (χ1n) is 17.8. The Morgan fingerprint density at radius 2 is 1.03 bits per heavy atom. The van der Waals surface area contributed by atoms with Gasteiger partial charge in [-0.25, -0.2) is 4.79 Å². The van der Waals surface area contributed by atoms with Crippen LogP contribution in [0.5, 0.6) is 23.0 Å². The first-order chi connectivity index (χ1) is 29.0. The summed E-state index contributed by atoms with van der Waals surface area (Å²) in [7, 11) is 4.49. The molecule has 63 heavy (non-hydrogen) atoms. The minimum Gasteiger partial charge on any atom is -0.506 e. The van der Waals surface area contributed by atoms with E-state index in [0.717, 1.165) is 25.5 Å². The normalized spacial score (nSPS) is 11.1. The van der Waals surface area contributed by atoms with Crippen molar-refractivity contribution in [2.45, 2.75) is 33.2 Å². The van der Waals surface area contributed by atoms with Gasteiger partial charge < -0.3 is 29.2 Å². The zero-order valence-electron chi connectivity index (χ0n) is 32.0. The molecular formula is C46H47Br3N6O8. The summed E-state index contributed by atoms with van der Waals surface area (Å²) in [4.78, 5) is 25.5. The lowest BCUT2D eigenvalue weighted by Gasteiger charge is -2.18. The van der Waals surface area contributed by atoms with Crippen LogP contribution in [-0.2, 0) is 14.3 Å². The average molecular weight is 1050 g/mol. The van der Waals surface area contributed by atoms with Crippen molar-refractivity contribution in [1.82, 2.24) is 30.0 Å². The number of phenolic OH excluding ortho intramolecular Hbond substituents is 1. The van der Waals surface area contributed by atoms with Crippen molar-refractivity contribution in [3.8, 4) is 34.4 Å². The number of aliphatic carboxylic acids is 1. The Morgan fingerprint density at radius 3 is 1.49 bits per heavy atom. The van der Waals surface area contributed by atoms with Crippen LogP contribution in [0.25, 0.3) is 33.4 Å². The highest BCUT2D eigenvalue weighted by Gasteiger charge is 2.25. The number of rotatable bonds is 10. The van der Waals surface area contributed by atoms with E-state index in [1.165, 1.54) is 16.7 Å². The number of methoxy groups -OCH3 is 3. The Morgan fingerprint density at radius 1 is 0.587 bits per heavy atom. The summed E-state index contributed by atoms with van der Waals surface area (Å²) in [5.41, 5.74) is 5.33. The molecule has 2 atom stereocenters. The van der Waals surface area contributed by atoms with E-state index < -0.39 is 16.9 Å². The number of nitrogens with zero attached hydrogens (tertiary/aromatic N) is 6. The van der Waals surface area contributed by atoms with Crippen molar-refractivity contribution in [2.75, 3.05) is 21.3 Å². The number of aromatic hydroxyl groups is 1. The smallest absolute Gasteiger partial charge is 0.349 e. The largest absolute Gasteiger partial charge is 0.506 e. The molecule has 0 aliphatic rings. The zero-order chi connectivity index (χ0) is 42.8. The van der Waals surface area contributed by atoms with Crippen LogP contribution in [0.2, 0.25) is 0 Å². The van der Waals surface area contributed by atoms with E-state index in [2.05, 4.69) is 72.9 Å². The Bertz CT molecular complexity index is 2700. The topological polar surface area (TPSA) is 173 Å². The average Bonchev–Trinajstić information content (AvgIpc) is 3.90. The van der Waals surface area contributed by atoms with Crippen LogP contribution in [0.3, 0.4) is 0 Å². The molecule has 0 fully saturated rings. The van der Waals surface area contributed by atoms with Crippen molar-refractivity contribution >= 4 is 81.8 Å². The van der Waals surface area contributed by atoms with Crippen LogP contribution in [0.1, 0.15) is 44.3 Å². The lowest BCUT2D eigenvalue weighted by Crippen LogP contribution is -2.19. The predicted octanol–water partition coefficient (Wildman–Crippen LogP) is 11.5. The molecule has 6 aromatic carbocycles. The molecule has 2 aromatic heterocycles. The number of ether oxygens (including phenoxy) is 4. The van der Waals surface area contributed by atoms with Gasteiger partial charge in [-0.15, -0.1) is 30.0 Å². The number of hydrogen-bond acceptors (Lipinski definition) is 11. The van der Waals surface area contributed by atoms with Gasteiger partial charge in [0.2, 0.25) is 6.10 Å². The standard InChI is InChI=1S/C21H16BrN3O4.C13H11N3O2.C9H8Br2O2.3CH4/c1-28-15-9-10-19(29-20(21(26)27)13-5-4-6-14(22)11-13)18(12-15)25-23-16-7-2-3-8-17(16)24-25;1-18-9-6-7-13(17)12(8-9)16-14-10-4-2-3-5-11(10)15-16;1-13-9(12)8(11)6-3-2-4-7(10)5-6;;;/h2-12,20H,1H3,(H,26,27);2-8,17H,1H3;2-5,8H,1H3;3*1H4. The van der Waals surface area contributed by atoms with Gasteiger partial charge in [0.25, 0.3) is 0 Å². The molecule has 0 saturated heterocycles. The Kier molecular flexibility index (Phi) is 19.3. The van der Waals surface area contributed by atoms with Crippen LogP contribution in [0.4, 0.5) is 0 Å². The lowest BCUT2D eigenvalue weighted by atomic mass is 10.1. The molecule has 17 heteroatoms. The highest BCUT2D eigenvalue weighted by atomic mass is 79.9. The molecule has 8 rings (SSSR count). The molecule has 14 nitrogen and oxygen atoms in total. The Balaban J connectivity index is 0.000000267. The summed E-state index contributed by atoms with van der Waals surface area (Å²) < 4.78 is 22.7. The SMILES string of the molecule is C.C.C.COC(=O)C(Br)c1cccc(Br)c1.COc1ccc(O)c(-n2nc3ccccc3n2)c1.COc1ccc(OC(C(=O)O)c2cccc(Br)c2)c(-n2nc3ccccc3n2)c1. The number of fused-ring (bicyclic) bond motifs is 2. The summed E-state index contributed by atoms with van der Waals surface area (Å²) in [6.07, 6.45) is -1.20. The highest BCUT2D eigenvalue weighted by molar-refractivity contribution is 9.11. The Labute approximate surface area is 390 Å². The predicted molar refractivity (Wildman–Crippen MR) is 256 cm³/mol. The highest BCUT2D eigenvalue weighted by Crippen LogP contribution is 2.33. The van der Waals surface area contributed by atoms with Crippen molar-refractivity contribution in [2.24, 2.45) is 0 Å². The van der Waals surface area contributed by atoms with Gasteiger partial charge in [0, 0.05) is 26.6 Å². The molecule has 0 amide bonds. The fourth-order valence-electron chi connectivity index (χ4n) is 5.57. The number of carboxylic acid groups (broad SMARTS) is 1. The number of carbonyl (C=O) groups excluding carboxylic acids is 1. The van der Waals surface area contributed by atoms with Crippen LogP contribution in [-0.4, -0.2) is 73.5 Å². The van der Waals surface area contributed by atoms with Gasteiger partial charge in [0.05, 0.1) is 21.3 Å². The van der Waals surface area contributed by atoms with Crippen molar-refractivity contribution in [3.63, 3.8) is 0 Å². The van der Waals surface area contributed by atoms with Gasteiger partial charge in [0.15, 0.2) is 0 Å². The summed E-state index contributed by atoms with van der Waals surface area (Å²) >= 11 is 9.94. The van der Waals surface area contributed by atoms with Gasteiger partial charge in [0.1, 0.15) is 61.3 Å². The molecule has 0 bridgehead atoms. The number of aromatic nitrogens is 6. The van der Waals surface area contributed by atoms with Crippen molar-refractivity contribution < 1.29 is 38.7 Å². The van der Waals surface area contributed by atoms with Gasteiger partial charge in [-0.3, -0.25) is 4.79 Å². The second kappa shape index (κ2) is 23.8. The monoisotopic (exact) mass is 1050 g/mol. The first-order valence-corrected chi connectivity index (χ1v) is 20.3. The maximum absolute atomic E-state index is 11.9. The summed E-state index contributed by atoms with van der Waals surface area (Å²) in [5, 5.41) is 37.2. The second-order valence-corrected chi connectivity index (χ2v) is 15.2. The summed E-state index contributed by atoms with van der Waals surface area (Å²) in [6, 6.07) is 39.5. The van der Waals surface area contributed by atoms with Gasteiger partial charge in [-0.05, 0) is 78.4 Å². The maximum atomic E-state index is 11.9. The molecule has 2 heterocycles. The summed E-state index contributed by atoms with van der Waals surface area (Å²) in [6.45, 7) is 0. The fraction of sp³-hybridized carbons (Fsp3) is 0.174. The maximum Gasteiger partial charge on any atom is 0.349 e. The quantitative estimate of drug-likeness (QED) is 0.0982. The minimum absolute atomic E-state index is 0. The molecule has 0 spiro atoms. The molecule has 2 unspecified atom stereocenters. The molecule has 330 valence electrons. The van der Waals surface area contributed by atoms with E-state index >= 15 is 0 Å². The number of benzene rings is 6. The molecule has 2 N–H and O–H groups in total. The molecular weight excluding hydrogens is 1000 g/mol. The number of halogens is 3. The van der Waals surface area contributed by atoms with Gasteiger partial charge >= 0.3 is 11.9 Å². The van der Waals surface area contributed by atoms with Crippen LogP contribution >= 0.6 is 47.8 Å². The fourth-order valence-corrected chi connectivity index (χ4v) is 6.87. The minimum atomic E-state index is -1.20. The molecule has 0 aliphatic carbocycles.